The first kappa shape index (κ1) is 20.0. The van der Waals surface area contributed by atoms with Crippen LogP contribution in [0.2, 0.25) is 5.02 Å². The maximum absolute atomic E-state index is 6.14. The Morgan fingerprint density at radius 1 is 1.25 bits per heavy atom. The Morgan fingerprint density at radius 3 is 2.45 bits per heavy atom. The van der Waals surface area contributed by atoms with Crippen molar-refractivity contribution in [2.75, 3.05) is 26.2 Å². The van der Waals surface area contributed by atoms with Gasteiger partial charge in [0, 0.05) is 37.2 Å². The largest absolute Gasteiger partial charge is 0.314 e. The third-order valence-corrected chi connectivity index (χ3v) is 4.15. The molecule has 1 aliphatic rings. The third-order valence-electron chi connectivity index (χ3n) is 3.92. The normalized spacial score (nSPS) is 18.6. The number of benzene rings is 1. The van der Waals surface area contributed by atoms with Gasteiger partial charge in [0.05, 0.1) is 0 Å². The number of nitrogens with zero attached hydrogens (tertiary/aromatic N) is 1. The zero-order chi connectivity index (χ0) is 13.0. The van der Waals surface area contributed by atoms with Gasteiger partial charge in [0.15, 0.2) is 0 Å². The second-order valence-electron chi connectivity index (χ2n) is 5.17. The lowest BCUT2D eigenvalue weighted by molar-refractivity contribution is 0.128. The van der Waals surface area contributed by atoms with E-state index in [1.54, 1.807) is 0 Å². The molecule has 1 fully saturated rings. The van der Waals surface area contributed by atoms with E-state index >= 15 is 0 Å². The van der Waals surface area contributed by atoms with Gasteiger partial charge in [0.25, 0.3) is 0 Å². The van der Waals surface area contributed by atoms with Crippen molar-refractivity contribution in [2.45, 2.75) is 26.3 Å². The van der Waals surface area contributed by atoms with Crippen LogP contribution < -0.4 is 5.32 Å². The Balaban J connectivity index is 0.00000180. The molecule has 1 saturated heterocycles. The van der Waals surface area contributed by atoms with Crippen LogP contribution in [0.25, 0.3) is 0 Å². The topological polar surface area (TPSA) is 15.3 Å². The van der Waals surface area contributed by atoms with Crippen molar-refractivity contribution in [2.24, 2.45) is 5.92 Å². The predicted molar refractivity (Wildman–Crippen MR) is 92.6 cm³/mol. The lowest BCUT2D eigenvalue weighted by Crippen LogP contribution is -2.46. The van der Waals surface area contributed by atoms with E-state index in [-0.39, 0.29) is 24.8 Å². The molecule has 0 aliphatic carbocycles. The Kier molecular flexibility index (Phi) is 9.86. The second-order valence-corrected chi connectivity index (χ2v) is 5.61. The molecule has 5 heteroatoms. The quantitative estimate of drug-likeness (QED) is 0.885. The van der Waals surface area contributed by atoms with Gasteiger partial charge in [-0.25, -0.2) is 0 Å². The highest BCUT2D eigenvalue weighted by Gasteiger charge is 2.26. The Morgan fingerprint density at radius 2 is 1.90 bits per heavy atom. The molecule has 0 amide bonds. The second kappa shape index (κ2) is 9.86. The first-order valence-corrected chi connectivity index (χ1v) is 7.30. The van der Waals surface area contributed by atoms with Crippen molar-refractivity contribution in [3.63, 3.8) is 0 Å². The van der Waals surface area contributed by atoms with Gasteiger partial charge in [-0.05, 0) is 23.6 Å². The molecule has 0 bridgehead atoms. The first-order chi connectivity index (χ1) is 8.72. The molecule has 2 atom stereocenters. The van der Waals surface area contributed by atoms with Gasteiger partial charge < -0.3 is 5.32 Å². The summed E-state index contributed by atoms with van der Waals surface area (Å²) in [5, 5.41) is 4.27. The zero-order valence-electron chi connectivity index (χ0n) is 12.1. The van der Waals surface area contributed by atoms with E-state index in [4.69, 9.17) is 11.6 Å². The summed E-state index contributed by atoms with van der Waals surface area (Å²) in [4.78, 5) is 2.59. The minimum Gasteiger partial charge on any atom is -0.314 e. The van der Waals surface area contributed by atoms with E-state index in [9.17, 15) is 0 Å². The van der Waals surface area contributed by atoms with Crippen LogP contribution in [-0.2, 0) is 0 Å². The number of hydrogen-bond donors (Lipinski definition) is 1. The van der Waals surface area contributed by atoms with E-state index in [1.807, 2.05) is 6.07 Å². The summed E-state index contributed by atoms with van der Waals surface area (Å²) in [6, 6.07) is 8.85. The summed E-state index contributed by atoms with van der Waals surface area (Å²) in [7, 11) is 0. The molecular weight excluding hydrogens is 315 g/mol. The molecule has 1 aromatic carbocycles. The summed E-state index contributed by atoms with van der Waals surface area (Å²) in [5.74, 6) is 0.654. The van der Waals surface area contributed by atoms with Crippen molar-refractivity contribution < 1.29 is 0 Å². The highest BCUT2D eigenvalue weighted by Crippen LogP contribution is 2.32. The summed E-state index contributed by atoms with van der Waals surface area (Å²) in [6.07, 6.45) is 1.20. The smallest absolute Gasteiger partial charge is 0.0409 e. The predicted octanol–water partition coefficient (Wildman–Crippen LogP) is 4.18. The monoisotopic (exact) mass is 338 g/mol. The molecule has 0 aromatic heterocycles. The van der Waals surface area contributed by atoms with Crippen LogP contribution in [0, 0.1) is 5.92 Å². The fourth-order valence-corrected chi connectivity index (χ4v) is 2.97. The molecule has 1 unspecified atom stereocenters. The summed E-state index contributed by atoms with van der Waals surface area (Å²) >= 11 is 6.14. The van der Waals surface area contributed by atoms with Gasteiger partial charge in [0.1, 0.15) is 0 Å². The van der Waals surface area contributed by atoms with Gasteiger partial charge >= 0.3 is 0 Å². The SMILES string of the molecule is CCC(C)[C@H](c1cccc(Cl)c1)N1CCNCC1.Cl.Cl. The Bertz CT molecular complexity index is 381. The number of nitrogens with one attached hydrogen (secondary N) is 1. The van der Waals surface area contributed by atoms with Crippen molar-refractivity contribution in [1.82, 2.24) is 10.2 Å². The molecule has 1 heterocycles. The molecule has 20 heavy (non-hydrogen) atoms. The fourth-order valence-electron chi connectivity index (χ4n) is 2.77. The van der Waals surface area contributed by atoms with Crippen molar-refractivity contribution in [3.8, 4) is 0 Å². The molecule has 0 radical (unpaired) electrons. The van der Waals surface area contributed by atoms with Gasteiger partial charge in [-0.15, -0.1) is 24.8 Å². The summed E-state index contributed by atoms with van der Waals surface area (Å²) in [5.41, 5.74) is 1.36. The minimum atomic E-state index is 0. The van der Waals surface area contributed by atoms with Crippen LogP contribution in [0.4, 0.5) is 0 Å². The van der Waals surface area contributed by atoms with Crippen molar-refractivity contribution >= 4 is 36.4 Å². The van der Waals surface area contributed by atoms with E-state index in [1.165, 1.54) is 12.0 Å². The molecule has 1 N–H and O–H groups in total. The lowest BCUT2D eigenvalue weighted by atomic mass is 9.90. The maximum atomic E-state index is 6.14. The number of hydrogen-bond acceptors (Lipinski definition) is 2. The highest BCUT2D eigenvalue weighted by atomic mass is 35.5. The number of piperazine rings is 1. The zero-order valence-corrected chi connectivity index (χ0v) is 14.5. The van der Waals surface area contributed by atoms with Gasteiger partial charge in [-0.2, -0.15) is 0 Å². The van der Waals surface area contributed by atoms with E-state index < -0.39 is 0 Å². The van der Waals surface area contributed by atoms with E-state index in [0.717, 1.165) is 31.2 Å². The number of halogens is 3. The average Bonchev–Trinajstić information content (AvgIpc) is 2.40. The Labute approximate surface area is 140 Å². The van der Waals surface area contributed by atoms with Crippen LogP contribution in [-0.4, -0.2) is 31.1 Å². The molecular formula is C15H25Cl3N2. The number of rotatable bonds is 4. The minimum absolute atomic E-state index is 0. The van der Waals surface area contributed by atoms with Crippen molar-refractivity contribution in [1.29, 1.82) is 0 Å². The van der Waals surface area contributed by atoms with Gasteiger partial charge in [-0.1, -0.05) is 44.0 Å². The maximum Gasteiger partial charge on any atom is 0.0409 e. The molecule has 1 aromatic rings. The van der Waals surface area contributed by atoms with Crippen LogP contribution >= 0.6 is 36.4 Å². The van der Waals surface area contributed by atoms with Crippen LogP contribution in [0.1, 0.15) is 31.9 Å². The van der Waals surface area contributed by atoms with Gasteiger partial charge in [-0.3, -0.25) is 4.90 Å². The lowest BCUT2D eigenvalue weighted by Gasteiger charge is -2.38. The molecule has 2 rings (SSSR count). The molecule has 2 nitrogen and oxygen atoms in total. The first-order valence-electron chi connectivity index (χ1n) is 6.92. The molecule has 1 aliphatic heterocycles. The molecule has 0 spiro atoms. The van der Waals surface area contributed by atoms with E-state index in [2.05, 4.69) is 42.3 Å². The average molecular weight is 340 g/mol. The molecule has 116 valence electrons. The van der Waals surface area contributed by atoms with E-state index in [0.29, 0.717) is 12.0 Å². The Hall–Kier alpha value is 0.01000. The van der Waals surface area contributed by atoms with Crippen molar-refractivity contribution in [3.05, 3.63) is 34.9 Å². The summed E-state index contributed by atoms with van der Waals surface area (Å²) < 4.78 is 0. The third kappa shape index (κ3) is 5.09. The van der Waals surface area contributed by atoms with Crippen LogP contribution in [0.15, 0.2) is 24.3 Å². The standard InChI is InChI=1S/C15H23ClN2.2ClH/c1-3-12(2)15(18-9-7-17-8-10-18)13-5-4-6-14(16)11-13;;/h4-6,11-12,15,17H,3,7-10H2,1-2H3;2*1H/t12?,15-;;/m1../s1. The van der Waals surface area contributed by atoms with Crippen LogP contribution in [0.5, 0.6) is 0 Å². The molecule has 0 saturated carbocycles. The summed E-state index contributed by atoms with van der Waals surface area (Å²) in [6.45, 7) is 9.04. The van der Waals surface area contributed by atoms with Crippen LogP contribution in [0.3, 0.4) is 0 Å². The van der Waals surface area contributed by atoms with Gasteiger partial charge in [0.2, 0.25) is 0 Å². The fraction of sp³-hybridized carbons (Fsp3) is 0.600. The highest BCUT2D eigenvalue weighted by molar-refractivity contribution is 6.30.